The largest absolute Gasteiger partial charge is 0.311 e. The van der Waals surface area contributed by atoms with Gasteiger partial charge in [0.2, 0.25) is 11.8 Å². The van der Waals surface area contributed by atoms with Crippen molar-refractivity contribution >= 4 is 51.7 Å². The molecule has 0 saturated carbocycles. The minimum Gasteiger partial charge on any atom is -0.311 e. The third-order valence-corrected chi connectivity index (χ3v) is 5.74. The average Bonchev–Trinajstić information content (AvgIpc) is 2.98. The highest BCUT2D eigenvalue weighted by Gasteiger charge is 2.37. The molecule has 0 bridgehead atoms. The van der Waals surface area contributed by atoms with Crippen LogP contribution in [0.3, 0.4) is 0 Å². The molecule has 2 heterocycles. The lowest BCUT2D eigenvalue weighted by molar-refractivity contribution is -0.118. The number of hydrogen-bond acceptors (Lipinski definition) is 5. The summed E-state index contributed by atoms with van der Waals surface area (Å²) in [4.78, 5) is 57.5. The summed E-state index contributed by atoms with van der Waals surface area (Å²) >= 11 is 0. The van der Waals surface area contributed by atoms with Crippen molar-refractivity contribution in [2.45, 2.75) is 54.4 Å². The first-order valence-electron chi connectivity index (χ1n) is 12.2. The van der Waals surface area contributed by atoms with Crippen LogP contribution in [-0.2, 0) is 9.59 Å². The van der Waals surface area contributed by atoms with Gasteiger partial charge < -0.3 is 10.6 Å². The van der Waals surface area contributed by atoms with Gasteiger partial charge >= 0.3 is 0 Å². The molecule has 4 amide bonds. The fourth-order valence-electron chi connectivity index (χ4n) is 4.27. The average molecular weight is 501 g/mol. The van der Waals surface area contributed by atoms with Gasteiger partial charge in [-0.3, -0.25) is 19.2 Å². The monoisotopic (exact) mass is 500 g/mol. The molecule has 0 unspecified atom stereocenters. The van der Waals surface area contributed by atoms with Gasteiger partial charge in [0.1, 0.15) is 11.6 Å². The Morgan fingerprint density at radius 2 is 1.14 bits per heavy atom. The quantitative estimate of drug-likeness (QED) is 0.432. The predicted octanol–water partition coefficient (Wildman–Crippen LogP) is 5.78. The number of hydrogen-bond donors (Lipinski definition) is 2. The van der Waals surface area contributed by atoms with Gasteiger partial charge in [0.05, 0.1) is 16.8 Å². The number of nitrogens with zero attached hydrogens (tertiary/aromatic N) is 2. The van der Waals surface area contributed by atoms with E-state index in [1.165, 1.54) is 12.1 Å². The van der Waals surface area contributed by atoms with Gasteiger partial charge in [0.25, 0.3) is 11.8 Å². The molecule has 0 aliphatic carbocycles. The number of imide groups is 1. The van der Waals surface area contributed by atoms with E-state index < -0.39 is 11.8 Å². The Morgan fingerprint density at radius 3 is 1.51 bits per heavy atom. The van der Waals surface area contributed by atoms with Crippen molar-refractivity contribution in [3.05, 3.63) is 59.7 Å². The van der Waals surface area contributed by atoms with Crippen LogP contribution >= 0.6 is 0 Å². The summed E-state index contributed by atoms with van der Waals surface area (Å²) in [6.45, 7) is 11.7. The number of aromatic nitrogens is 1. The number of carbonyl (C=O) groups excluding carboxylic acids is 4. The summed E-state index contributed by atoms with van der Waals surface area (Å²) < 4.78 is 0. The summed E-state index contributed by atoms with van der Waals surface area (Å²) in [5.41, 5.74) is 0.308. The zero-order chi connectivity index (χ0) is 27.1. The van der Waals surface area contributed by atoms with E-state index in [1.54, 1.807) is 12.1 Å². The molecule has 3 aromatic rings. The van der Waals surface area contributed by atoms with Crippen molar-refractivity contribution < 1.29 is 19.2 Å². The second-order valence-electron chi connectivity index (χ2n) is 11.9. The first-order chi connectivity index (χ1) is 17.2. The van der Waals surface area contributed by atoms with Gasteiger partial charge in [-0.2, -0.15) is 0 Å². The Bertz CT molecular complexity index is 1330. The van der Waals surface area contributed by atoms with Crippen LogP contribution in [0.5, 0.6) is 0 Å². The molecule has 2 aromatic carbocycles. The second-order valence-corrected chi connectivity index (χ2v) is 11.9. The fourth-order valence-corrected chi connectivity index (χ4v) is 4.27. The van der Waals surface area contributed by atoms with Crippen LogP contribution in [0.15, 0.2) is 48.5 Å². The molecule has 4 rings (SSSR count). The van der Waals surface area contributed by atoms with Gasteiger partial charge in [-0.15, -0.1) is 0 Å². The Kier molecular flexibility index (Phi) is 6.62. The highest BCUT2D eigenvalue weighted by molar-refractivity contribution is 6.35. The van der Waals surface area contributed by atoms with Crippen LogP contribution in [0.1, 0.15) is 75.1 Å². The van der Waals surface area contributed by atoms with Gasteiger partial charge in [-0.1, -0.05) is 65.8 Å². The van der Waals surface area contributed by atoms with E-state index in [0.29, 0.717) is 11.1 Å². The Morgan fingerprint density at radius 1 is 0.730 bits per heavy atom. The number of anilines is 3. The first-order valence-corrected chi connectivity index (χ1v) is 12.2. The lowest BCUT2D eigenvalue weighted by Gasteiger charge is -2.20. The van der Waals surface area contributed by atoms with E-state index >= 15 is 0 Å². The minimum atomic E-state index is -0.476. The van der Waals surface area contributed by atoms with Crippen molar-refractivity contribution in [3.63, 3.8) is 0 Å². The van der Waals surface area contributed by atoms with Crippen LogP contribution in [0.2, 0.25) is 0 Å². The number of benzene rings is 2. The van der Waals surface area contributed by atoms with Crippen LogP contribution in [-0.4, -0.2) is 28.6 Å². The molecule has 1 aliphatic rings. The van der Waals surface area contributed by atoms with E-state index in [9.17, 15) is 19.2 Å². The van der Waals surface area contributed by atoms with E-state index in [2.05, 4.69) is 15.6 Å². The summed E-state index contributed by atoms with van der Waals surface area (Å²) in [6.07, 6.45) is 0.481. The van der Waals surface area contributed by atoms with Crippen molar-refractivity contribution in [2.75, 3.05) is 15.5 Å². The number of nitrogens with one attached hydrogen (secondary N) is 2. The molecule has 1 aliphatic heterocycles. The highest BCUT2D eigenvalue weighted by atomic mass is 16.2. The topological polar surface area (TPSA) is 108 Å². The lowest BCUT2D eigenvalue weighted by atomic mass is 9.92. The van der Waals surface area contributed by atoms with Gasteiger partial charge in [0, 0.05) is 25.0 Å². The highest BCUT2D eigenvalue weighted by Crippen LogP contribution is 2.34. The molecule has 0 radical (unpaired) electrons. The predicted molar refractivity (Wildman–Crippen MR) is 145 cm³/mol. The second kappa shape index (κ2) is 9.42. The third-order valence-electron chi connectivity index (χ3n) is 5.74. The van der Waals surface area contributed by atoms with Crippen molar-refractivity contribution in [1.29, 1.82) is 0 Å². The maximum Gasteiger partial charge on any atom is 0.266 e. The van der Waals surface area contributed by atoms with Gasteiger partial charge in [-0.25, -0.2) is 9.88 Å². The molecule has 2 N–H and O–H groups in total. The lowest BCUT2D eigenvalue weighted by Crippen LogP contribution is -2.30. The van der Waals surface area contributed by atoms with E-state index in [4.69, 9.17) is 0 Å². The molecule has 0 spiro atoms. The van der Waals surface area contributed by atoms with Crippen LogP contribution in [0, 0.1) is 10.8 Å². The number of carbonyl (C=O) groups is 4. The first kappa shape index (κ1) is 26.0. The summed E-state index contributed by atoms with van der Waals surface area (Å²) in [7, 11) is 0. The molecule has 37 heavy (non-hydrogen) atoms. The number of fused-ring (bicyclic) bond motifs is 2. The SMILES string of the molecule is CC(C)(C)CC(=O)Nc1cc(N2C(=O)c3cc4ccccc4cc3C2=O)cc(NC(=O)CC(C)(C)C)n1. The van der Waals surface area contributed by atoms with Gasteiger partial charge in [0.15, 0.2) is 0 Å². The van der Waals surface area contributed by atoms with Crippen LogP contribution < -0.4 is 15.5 Å². The summed E-state index contributed by atoms with van der Waals surface area (Å²) in [5.74, 6) is -1.21. The Balaban J connectivity index is 1.72. The smallest absolute Gasteiger partial charge is 0.266 e. The molecular formula is C29H32N4O4. The van der Waals surface area contributed by atoms with Crippen LogP contribution in [0.4, 0.5) is 17.3 Å². The molecule has 1 aromatic heterocycles. The number of rotatable bonds is 5. The summed E-state index contributed by atoms with van der Waals surface area (Å²) in [5, 5.41) is 7.20. The van der Waals surface area contributed by atoms with E-state index in [1.807, 2.05) is 65.8 Å². The van der Waals surface area contributed by atoms with Crippen LogP contribution in [0.25, 0.3) is 10.8 Å². The molecular weight excluding hydrogens is 468 g/mol. The molecule has 0 saturated heterocycles. The Labute approximate surface area is 216 Å². The minimum absolute atomic E-state index is 0.138. The van der Waals surface area contributed by atoms with Crippen molar-refractivity contribution in [2.24, 2.45) is 10.8 Å². The molecule has 0 atom stereocenters. The van der Waals surface area contributed by atoms with E-state index in [0.717, 1.165) is 15.7 Å². The maximum atomic E-state index is 13.4. The molecule has 8 nitrogen and oxygen atoms in total. The van der Waals surface area contributed by atoms with E-state index in [-0.39, 0.29) is 52.8 Å². The molecule has 8 heteroatoms. The van der Waals surface area contributed by atoms with Crippen molar-refractivity contribution in [1.82, 2.24) is 4.98 Å². The zero-order valence-corrected chi connectivity index (χ0v) is 22.1. The number of pyridine rings is 1. The zero-order valence-electron chi connectivity index (χ0n) is 22.1. The standard InChI is InChI=1S/C29H32N4O4/c1-28(2,3)15-24(34)31-22-13-19(14-23(30-22)32-25(35)16-29(4,5)6)33-26(36)20-11-17-9-7-8-10-18(17)12-21(20)27(33)37/h7-14H,15-16H2,1-6H3,(H2,30,31,32,34,35). The number of amides is 4. The maximum absolute atomic E-state index is 13.4. The Hall–Kier alpha value is -4.07. The molecule has 0 fully saturated rings. The fraction of sp³-hybridized carbons (Fsp3) is 0.345. The normalized spacial score (nSPS) is 13.6. The third kappa shape index (κ3) is 6.02. The summed E-state index contributed by atoms with van der Waals surface area (Å²) in [6, 6.07) is 13.9. The molecule has 192 valence electrons. The van der Waals surface area contributed by atoms with Crippen molar-refractivity contribution in [3.8, 4) is 0 Å². The van der Waals surface area contributed by atoms with Gasteiger partial charge in [-0.05, 0) is 33.7 Å².